The van der Waals surface area contributed by atoms with Crippen molar-refractivity contribution in [2.75, 3.05) is 6.54 Å². The van der Waals surface area contributed by atoms with Gasteiger partial charge in [-0.1, -0.05) is 0 Å². The molecular formula is C11H19Cl2N3O2. The fourth-order valence-electron chi connectivity index (χ4n) is 1.09. The predicted octanol–water partition coefficient (Wildman–Crippen LogP) is 1.16. The molecule has 0 bridgehead atoms. The molecule has 7 heteroatoms. The van der Waals surface area contributed by atoms with E-state index in [1.807, 2.05) is 6.92 Å². The number of nitrogens with two attached hydrogens (primary N) is 1. The average Bonchev–Trinajstić information content (AvgIpc) is 2.30. The Hall–Kier alpha value is -1.04. The van der Waals surface area contributed by atoms with Crippen molar-refractivity contribution in [3.63, 3.8) is 0 Å². The molecule has 2 atom stereocenters. The molecule has 0 aromatic carbocycles. The Balaban J connectivity index is 0. The van der Waals surface area contributed by atoms with Crippen LogP contribution >= 0.6 is 24.8 Å². The van der Waals surface area contributed by atoms with Crippen LogP contribution in [0.15, 0.2) is 24.5 Å². The van der Waals surface area contributed by atoms with Crippen LogP contribution in [-0.4, -0.2) is 29.6 Å². The summed E-state index contributed by atoms with van der Waals surface area (Å²) in [5.41, 5.74) is 5.41. The Kier molecular flexibility index (Phi) is 10.7. The number of aromatic nitrogens is 1. The van der Waals surface area contributed by atoms with Gasteiger partial charge in [-0.3, -0.25) is 9.78 Å². The fraction of sp³-hybridized carbons (Fsp3) is 0.455. The number of pyridine rings is 1. The monoisotopic (exact) mass is 295 g/mol. The van der Waals surface area contributed by atoms with E-state index in [-0.39, 0.29) is 36.8 Å². The molecule has 0 saturated carbocycles. The van der Waals surface area contributed by atoms with Crippen LogP contribution in [0.4, 0.5) is 0 Å². The highest BCUT2D eigenvalue weighted by molar-refractivity contribution is 5.85. The summed E-state index contributed by atoms with van der Waals surface area (Å²) in [5.74, 6) is 0.396. The third-order valence-corrected chi connectivity index (χ3v) is 2.06. The molecule has 0 radical (unpaired) electrons. The van der Waals surface area contributed by atoms with Gasteiger partial charge in [-0.05, 0) is 26.0 Å². The zero-order chi connectivity index (χ0) is 12.0. The number of nitrogens with zero attached hydrogens (tertiary/aromatic N) is 1. The van der Waals surface area contributed by atoms with E-state index in [4.69, 9.17) is 10.5 Å². The number of carbonyl (C=O) groups is 1. The second-order valence-corrected chi connectivity index (χ2v) is 3.59. The Bertz CT molecular complexity index is 338. The first-order chi connectivity index (χ1) is 7.63. The van der Waals surface area contributed by atoms with Gasteiger partial charge in [0.1, 0.15) is 5.75 Å². The lowest BCUT2D eigenvalue weighted by Crippen LogP contribution is -2.44. The molecule has 3 N–H and O–H groups in total. The first-order valence-corrected chi connectivity index (χ1v) is 5.20. The second-order valence-electron chi connectivity index (χ2n) is 3.59. The molecule has 0 aliphatic heterocycles. The number of halogens is 2. The summed E-state index contributed by atoms with van der Waals surface area (Å²) in [7, 11) is 0. The van der Waals surface area contributed by atoms with Gasteiger partial charge in [0.25, 0.3) is 5.91 Å². The lowest BCUT2D eigenvalue weighted by Gasteiger charge is -2.17. The highest BCUT2D eigenvalue weighted by atomic mass is 35.5. The maximum atomic E-state index is 11.6. The van der Waals surface area contributed by atoms with Crippen molar-refractivity contribution in [1.29, 1.82) is 0 Å². The number of nitrogens with one attached hydrogen (secondary N) is 1. The van der Waals surface area contributed by atoms with E-state index < -0.39 is 6.10 Å². The minimum atomic E-state index is -0.557. The number of amides is 1. The first-order valence-electron chi connectivity index (χ1n) is 5.20. The van der Waals surface area contributed by atoms with E-state index in [0.29, 0.717) is 12.3 Å². The zero-order valence-electron chi connectivity index (χ0n) is 10.3. The van der Waals surface area contributed by atoms with Crippen LogP contribution in [0.2, 0.25) is 0 Å². The number of rotatable bonds is 5. The summed E-state index contributed by atoms with van der Waals surface area (Å²) in [6.45, 7) is 3.94. The van der Waals surface area contributed by atoms with Crippen LogP contribution in [0.3, 0.4) is 0 Å². The molecule has 1 aromatic heterocycles. The van der Waals surface area contributed by atoms with Crippen molar-refractivity contribution in [3.8, 4) is 5.75 Å². The van der Waals surface area contributed by atoms with Crippen LogP contribution < -0.4 is 15.8 Å². The smallest absolute Gasteiger partial charge is 0.261 e. The number of ether oxygens (including phenoxy) is 1. The third-order valence-electron chi connectivity index (χ3n) is 2.06. The van der Waals surface area contributed by atoms with Gasteiger partial charge >= 0.3 is 0 Å². The molecule has 104 valence electrons. The fourth-order valence-corrected chi connectivity index (χ4v) is 1.09. The van der Waals surface area contributed by atoms with Gasteiger partial charge in [0, 0.05) is 18.8 Å². The zero-order valence-corrected chi connectivity index (χ0v) is 12.0. The number of hydrogen-bond donors (Lipinski definition) is 2. The minimum Gasteiger partial charge on any atom is -0.479 e. The van der Waals surface area contributed by atoms with Crippen LogP contribution in [0.5, 0.6) is 5.75 Å². The predicted molar refractivity (Wildman–Crippen MR) is 75.5 cm³/mol. The number of carbonyl (C=O) groups excluding carboxylic acids is 1. The molecule has 1 rings (SSSR count). The van der Waals surface area contributed by atoms with Gasteiger partial charge in [0.05, 0.1) is 6.20 Å². The Morgan fingerprint density at radius 1 is 1.50 bits per heavy atom. The van der Waals surface area contributed by atoms with Gasteiger partial charge < -0.3 is 15.8 Å². The highest BCUT2D eigenvalue weighted by Gasteiger charge is 2.15. The van der Waals surface area contributed by atoms with Crippen molar-refractivity contribution in [2.24, 2.45) is 5.73 Å². The quantitative estimate of drug-likeness (QED) is 0.854. The van der Waals surface area contributed by atoms with Crippen molar-refractivity contribution in [1.82, 2.24) is 10.3 Å². The van der Waals surface area contributed by atoms with Crippen LogP contribution in [0.25, 0.3) is 0 Å². The van der Waals surface area contributed by atoms with E-state index in [1.165, 1.54) is 0 Å². The molecule has 0 spiro atoms. The summed E-state index contributed by atoms with van der Waals surface area (Å²) in [6.07, 6.45) is 2.66. The Morgan fingerprint density at radius 2 is 2.17 bits per heavy atom. The average molecular weight is 296 g/mol. The van der Waals surface area contributed by atoms with Crippen molar-refractivity contribution in [3.05, 3.63) is 24.5 Å². The molecule has 1 unspecified atom stereocenters. The van der Waals surface area contributed by atoms with E-state index in [1.54, 1.807) is 31.5 Å². The normalized spacial score (nSPS) is 12.4. The summed E-state index contributed by atoms with van der Waals surface area (Å²) in [5, 5.41) is 2.74. The largest absolute Gasteiger partial charge is 0.479 e. The molecule has 0 aliphatic carbocycles. The van der Waals surface area contributed by atoms with Crippen LogP contribution in [0.1, 0.15) is 13.8 Å². The molecule has 0 fully saturated rings. The molecule has 0 saturated heterocycles. The van der Waals surface area contributed by atoms with Crippen molar-refractivity contribution >= 4 is 30.7 Å². The first kappa shape index (κ1) is 19.3. The molecule has 1 heterocycles. The van der Waals surface area contributed by atoms with E-state index in [0.717, 1.165) is 0 Å². The highest BCUT2D eigenvalue weighted by Crippen LogP contribution is 2.08. The molecule has 1 aromatic rings. The molecular weight excluding hydrogens is 277 g/mol. The summed E-state index contributed by atoms with van der Waals surface area (Å²) >= 11 is 0. The topological polar surface area (TPSA) is 77.2 Å². The van der Waals surface area contributed by atoms with Gasteiger partial charge in [-0.25, -0.2) is 0 Å². The van der Waals surface area contributed by atoms with E-state index >= 15 is 0 Å². The standard InChI is InChI=1S/C11H17N3O2.2ClH/c1-8(6-12)14-11(15)9(2)16-10-4-3-5-13-7-10;;/h3-5,7-9H,6,12H2,1-2H3,(H,14,15);2*1H/t8-,9?;;/m0../s1. The van der Waals surface area contributed by atoms with Gasteiger partial charge in [0.15, 0.2) is 6.10 Å². The minimum absolute atomic E-state index is 0. The van der Waals surface area contributed by atoms with Gasteiger partial charge in [0.2, 0.25) is 0 Å². The van der Waals surface area contributed by atoms with Crippen molar-refractivity contribution in [2.45, 2.75) is 26.0 Å². The van der Waals surface area contributed by atoms with Gasteiger partial charge in [-0.15, -0.1) is 24.8 Å². The van der Waals surface area contributed by atoms with E-state index in [9.17, 15) is 4.79 Å². The summed E-state index contributed by atoms with van der Waals surface area (Å²) in [6, 6.07) is 3.46. The van der Waals surface area contributed by atoms with E-state index in [2.05, 4.69) is 10.3 Å². The lowest BCUT2D eigenvalue weighted by atomic mass is 10.3. The molecule has 0 aliphatic rings. The molecule has 5 nitrogen and oxygen atoms in total. The van der Waals surface area contributed by atoms with Crippen LogP contribution in [-0.2, 0) is 4.79 Å². The summed E-state index contributed by atoms with van der Waals surface area (Å²) in [4.78, 5) is 15.5. The third kappa shape index (κ3) is 6.64. The maximum absolute atomic E-state index is 11.6. The SMILES string of the molecule is CC(Oc1cccnc1)C(=O)N[C@@H](C)CN.Cl.Cl. The Morgan fingerprint density at radius 3 is 2.67 bits per heavy atom. The second kappa shape index (κ2) is 9.94. The molecule has 18 heavy (non-hydrogen) atoms. The maximum Gasteiger partial charge on any atom is 0.261 e. The number of hydrogen-bond acceptors (Lipinski definition) is 4. The van der Waals surface area contributed by atoms with Crippen LogP contribution in [0, 0.1) is 0 Å². The van der Waals surface area contributed by atoms with Gasteiger partial charge in [-0.2, -0.15) is 0 Å². The van der Waals surface area contributed by atoms with Crippen molar-refractivity contribution < 1.29 is 9.53 Å². The summed E-state index contributed by atoms with van der Waals surface area (Å²) < 4.78 is 5.41. The lowest BCUT2D eigenvalue weighted by molar-refractivity contribution is -0.127. The Labute approximate surface area is 119 Å². The molecule has 1 amide bonds.